The van der Waals surface area contributed by atoms with Gasteiger partial charge in [-0.05, 0) is 24.0 Å². The molecule has 1 aromatic carbocycles. The Morgan fingerprint density at radius 2 is 1.71 bits per heavy atom. The molecular formula is C13H19Cl. The van der Waals surface area contributed by atoms with E-state index in [0.717, 1.165) is 12.8 Å². The molecule has 1 unspecified atom stereocenters. The van der Waals surface area contributed by atoms with Crippen LogP contribution in [0.1, 0.15) is 49.6 Å². The molecule has 0 amide bonds. The fourth-order valence-corrected chi connectivity index (χ4v) is 1.97. The van der Waals surface area contributed by atoms with Gasteiger partial charge in [-0.3, -0.25) is 0 Å². The van der Waals surface area contributed by atoms with Crippen molar-refractivity contribution in [3.63, 3.8) is 0 Å². The van der Waals surface area contributed by atoms with Gasteiger partial charge >= 0.3 is 0 Å². The van der Waals surface area contributed by atoms with Crippen LogP contribution < -0.4 is 0 Å². The van der Waals surface area contributed by atoms with Gasteiger partial charge in [0.25, 0.3) is 0 Å². The maximum Gasteiger partial charge on any atom is 0.0585 e. The highest BCUT2D eigenvalue weighted by atomic mass is 35.5. The number of hydrogen-bond donors (Lipinski definition) is 0. The highest BCUT2D eigenvalue weighted by Gasteiger charge is 2.05. The molecule has 0 aliphatic carbocycles. The molecule has 14 heavy (non-hydrogen) atoms. The lowest BCUT2D eigenvalue weighted by Gasteiger charge is -2.08. The monoisotopic (exact) mass is 210 g/mol. The summed E-state index contributed by atoms with van der Waals surface area (Å²) in [7, 11) is 0. The smallest absolute Gasteiger partial charge is 0.0585 e. The molecule has 78 valence electrons. The van der Waals surface area contributed by atoms with Crippen molar-refractivity contribution < 1.29 is 0 Å². The van der Waals surface area contributed by atoms with Crippen LogP contribution in [0.25, 0.3) is 0 Å². The molecule has 1 rings (SSSR count). The van der Waals surface area contributed by atoms with Gasteiger partial charge in [-0.25, -0.2) is 0 Å². The zero-order valence-electron chi connectivity index (χ0n) is 9.09. The maximum absolute atomic E-state index is 6.24. The van der Waals surface area contributed by atoms with E-state index in [1.165, 1.54) is 24.0 Å². The number of halogens is 1. The molecule has 0 aliphatic heterocycles. The molecule has 1 atom stereocenters. The molecule has 0 N–H and O–H groups in total. The van der Waals surface area contributed by atoms with Crippen molar-refractivity contribution in [2.24, 2.45) is 0 Å². The lowest BCUT2D eigenvalue weighted by Crippen LogP contribution is -1.90. The minimum atomic E-state index is 0.190. The van der Waals surface area contributed by atoms with E-state index in [0.29, 0.717) is 0 Å². The van der Waals surface area contributed by atoms with Crippen molar-refractivity contribution in [1.29, 1.82) is 0 Å². The number of rotatable bonds is 5. The predicted octanol–water partition coefficient (Wildman–Crippen LogP) is 4.72. The molecule has 0 spiro atoms. The molecule has 0 fully saturated rings. The van der Waals surface area contributed by atoms with Gasteiger partial charge in [0, 0.05) is 0 Å². The normalized spacial score (nSPS) is 12.8. The third-order valence-electron chi connectivity index (χ3n) is 2.42. The first-order valence-electron chi connectivity index (χ1n) is 5.50. The van der Waals surface area contributed by atoms with Gasteiger partial charge in [0.15, 0.2) is 0 Å². The Kier molecular flexibility index (Phi) is 5.03. The van der Waals surface area contributed by atoms with E-state index < -0.39 is 0 Å². The van der Waals surface area contributed by atoms with Gasteiger partial charge in [-0.1, -0.05) is 51.0 Å². The third kappa shape index (κ3) is 3.34. The Hall–Kier alpha value is -0.490. The van der Waals surface area contributed by atoms with E-state index in [2.05, 4.69) is 38.1 Å². The highest BCUT2D eigenvalue weighted by molar-refractivity contribution is 6.20. The summed E-state index contributed by atoms with van der Waals surface area (Å²) in [4.78, 5) is 0. The summed E-state index contributed by atoms with van der Waals surface area (Å²) in [6.45, 7) is 4.37. The van der Waals surface area contributed by atoms with Gasteiger partial charge in [0.05, 0.1) is 5.38 Å². The fraction of sp³-hybridized carbons (Fsp3) is 0.538. The summed E-state index contributed by atoms with van der Waals surface area (Å²) in [5.41, 5.74) is 2.67. The molecule has 1 aromatic rings. The van der Waals surface area contributed by atoms with Crippen LogP contribution in [0, 0.1) is 0 Å². The lowest BCUT2D eigenvalue weighted by molar-refractivity contribution is 0.769. The summed E-state index contributed by atoms with van der Waals surface area (Å²) in [6.07, 6.45) is 4.58. The zero-order chi connectivity index (χ0) is 10.4. The van der Waals surface area contributed by atoms with Crippen LogP contribution in [0.4, 0.5) is 0 Å². The van der Waals surface area contributed by atoms with Gasteiger partial charge in [0.1, 0.15) is 0 Å². The van der Waals surface area contributed by atoms with Crippen LogP contribution in [-0.4, -0.2) is 0 Å². The van der Waals surface area contributed by atoms with Crippen LogP contribution >= 0.6 is 11.6 Å². The molecule has 0 heterocycles. The Balaban J connectivity index is 2.62. The van der Waals surface area contributed by atoms with Gasteiger partial charge in [-0.15, -0.1) is 11.6 Å². The van der Waals surface area contributed by atoms with E-state index in [9.17, 15) is 0 Å². The number of benzene rings is 1. The first-order valence-corrected chi connectivity index (χ1v) is 5.94. The Morgan fingerprint density at radius 1 is 1.07 bits per heavy atom. The standard InChI is InChI=1S/C13H19Cl/c1-3-5-11-7-9-12(10-8-11)13(14)6-4-2/h7-10,13H,3-6H2,1-2H3. The minimum Gasteiger partial charge on any atom is -0.118 e. The fourth-order valence-electron chi connectivity index (χ4n) is 1.60. The average molecular weight is 211 g/mol. The summed E-state index contributed by atoms with van der Waals surface area (Å²) in [5, 5.41) is 0.190. The molecule has 0 bridgehead atoms. The molecule has 0 saturated carbocycles. The number of aryl methyl sites for hydroxylation is 1. The van der Waals surface area contributed by atoms with E-state index in [1.54, 1.807) is 0 Å². The second kappa shape index (κ2) is 6.08. The van der Waals surface area contributed by atoms with Crippen molar-refractivity contribution in [2.45, 2.75) is 44.9 Å². The molecule has 0 nitrogen and oxygen atoms in total. The summed E-state index contributed by atoms with van der Waals surface area (Å²) >= 11 is 6.24. The zero-order valence-corrected chi connectivity index (χ0v) is 9.85. The van der Waals surface area contributed by atoms with Crippen molar-refractivity contribution in [3.8, 4) is 0 Å². The molecular weight excluding hydrogens is 192 g/mol. The van der Waals surface area contributed by atoms with Crippen LogP contribution in [0.2, 0.25) is 0 Å². The first kappa shape index (κ1) is 11.6. The van der Waals surface area contributed by atoms with Crippen molar-refractivity contribution in [1.82, 2.24) is 0 Å². The van der Waals surface area contributed by atoms with Crippen LogP contribution in [-0.2, 0) is 6.42 Å². The summed E-state index contributed by atoms with van der Waals surface area (Å²) < 4.78 is 0. The largest absolute Gasteiger partial charge is 0.118 e. The molecule has 0 saturated heterocycles. The van der Waals surface area contributed by atoms with E-state index in [-0.39, 0.29) is 5.38 Å². The third-order valence-corrected chi connectivity index (χ3v) is 2.89. The van der Waals surface area contributed by atoms with Crippen molar-refractivity contribution in [3.05, 3.63) is 35.4 Å². The van der Waals surface area contributed by atoms with Crippen LogP contribution in [0.15, 0.2) is 24.3 Å². The van der Waals surface area contributed by atoms with E-state index >= 15 is 0 Å². The average Bonchev–Trinajstić information content (AvgIpc) is 2.20. The summed E-state index contributed by atoms with van der Waals surface area (Å²) in [6, 6.07) is 8.73. The van der Waals surface area contributed by atoms with Crippen LogP contribution in [0.3, 0.4) is 0 Å². The van der Waals surface area contributed by atoms with E-state index in [4.69, 9.17) is 11.6 Å². The molecule has 1 heteroatoms. The number of alkyl halides is 1. The topological polar surface area (TPSA) is 0 Å². The quantitative estimate of drug-likeness (QED) is 0.617. The second-order valence-corrected chi connectivity index (χ2v) is 4.27. The lowest BCUT2D eigenvalue weighted by atomic mass is 10.0. The second-order valence-electron chi connectivity index (χ2n) is 3.75. The highest BCUT2D eigenvalue weighted by Crippen LogP contribution is 2.25. The van der Waals surface area contributed by atoms with Crippen molar-refractivity contribution >= 4 is 11.6 Å². The molecule has 0 aromatic heterocycles. The van der Waals surface area contributed by atoms with Gasteiger partial charge in [0.2, 0.25) is 0 Å². The predicted molar refractivity (Wildman–Crippen MR) is 63.9 cm³/mol. The number of hydrogen-bond acceptors (Lipinski definition) is 0. The molecule has 0 radical (unpaired) electrons. The maximum atomic E-state index is 6.24. The van der Waals surface area contributed by atoms with Crippen molar-refractivity contribution in [2.75, 3.05) is 0 Å². The minimum absolute atomic E-state index is 0.190. The Morgan fingerprint density at radius 3 is 2.21 bits per heavy atom. The Bertz CT molecular complexity index is 250. The summed E-state index contributed by atoms with van der Waals surface area (Å²) in [5.74, 6) is 0. The SMILES string of the molecule is CCCc1ccc(C(Cl)CCC)cc1. The van der Waals surface area contributed by atoms with E-state index in [1.807, 2.05) is 0 Å². The van der Waals surface area contributed by atoms with Gasteiger partial charge < -0.3 is 0 Å². The Labute approximate surface area is 92.3 Å². The molecule has 0 aliphatic rings. The van der Waals surface area contributed by atoms with Crippen LogP contribution in [0.5, 0.6) is 0 Å². The van der Waals surface area contributed by atoms with Gasteiger partial charge in [-0.2, -0.15) is 0 Å². The first-order chi connectivity index (χ1) is 6.77.